The minimum absolute atomic E-state index is 0.698. The third kappa shape index (κ3) is 2.67. The third-order valence-electron chi connectivity index (χ3n) is 2.20. The van der Waals surface area contributed by atoms with Gasteiger partial charge in [-0.3, -0.25) is 9.98 Å². The van der Waals surface area contributed by atoms with E-state index in [0.717, 1.165) is 17.0 Å². The Morgan fingerprint density at radius 1 is 1.19 bits per heavy atom. The Morgan fingerprint density at radius 2 is 1.94 bits per heavy atom. The molecular weight excluding hydrogens is 220 g/mol. The highest BCUT2D eigenvalue weighted by Gasteiger charge is 1.97. The molecule has 3 heteroatoms. The number of halogens is 1. The van der Waals surface area contributed by atoms with Crippen LogP contribution in [0.25, 0.3) is 0 Å². The Bertz CT molecular complexity index is 506. The van der Waals surface area contributed by atoms with Crippen LogP contribution in [0.15, 0.2) is 53.8 Å². The molecule has 1 aromatic carbocycles. The van der Waals surface area contributed by atoms with Crippen molar-refractivity contribution in [3.63, 3.8) is 0 Å². The normalized spacial score (nSPS) is 11.5. The number of rotatable bonds is 2. The Hall–Kier alpha value is -1.67. The molecule has 0 N–H and O–H groups in total. The molecule has 16 heavy (non-hydrogen) atoms. The van der Waals surface area contributed by atoms with E-state index in [-0.39, 0.29) is 0 Å². The maximum Gasteiger partial charge on any atom is 0.0647 e. The molecule has 0 unspecified atom stereocenters. The molecule has 0 spiro atoms. The van der Waals surface area contributed by atoms with Crippen molar-refractivity contribution in [2.45, 2.75) is 6.92 Å². The van der Waals surface area contributed by atoms with E-state index in [0.29, 0.717) is 5.02 Å². The molecule has 2 aromatic rings. The summed E-state index contributed by atoms with van der Waals surface area (Å²) in [5.41, 5.74) is 2.88. The third-order valence-corrected chi connectivity index (χ3v) is 2.44. The summed E-state index contributed by atoms with van der Waals surface area (Å²) in [6.45, 7) is 1.97. The SMILES string of the molecule is CC(=Nc1cccc(Cl)c1)c1ccncc1. The van der Waals surface area contributed by atoms with E-state index in [9.17, 15) is 0 Å². The van der Waals surface area contributed by atoms with Crippen molar-refractivity contribution in [2.24, 2.45) is 4.99 Å². The average Bonchev–Trinajstić information content (AvgIpc) is 2.30. The van der Waals surface area contributed by atoms with E-state index < -0.39 is 0 Å². The molecule has 0 radical (unpaired) electrons. The molecule has 0 aliphatic heterocycles. The second-order valence-corrected chi connectivity index (χ2v) is 3.85. The second-order valence-electron chi connectivity index (χ2n) is 3.41. The summed E-state index contributed by atoms with van der Waals surface area (Å²) >= 11 is 5.90. The molecule has 1 aromatic heterocycles. The minimum atomic E-state index is 0.698. The highest BCUT2D eigenvalue weighted by Crippen LogP contribution is 2.18. The molecule has 0 amide bonds. The lowest BCUT2D eigenvalue weighted by Crippen LogP contribution is -1.93. The van der Waals surface area contributed by atoms with Gasteiger partial charge in [0.15, 0.2) is 0 Å². The maximum absolute atomic E-state index is 5.90. The van der Waals surface area contributed by atoms with Crippen LogP contribution in [0.2, 0.25) is 5.02 Å². The molecular formula is C13H11ClN2. The molecule has 80 valence electrons. The van der Waals surface area contributed by atoms with Crippen molar-refractivity contribution in [1.29, 1.82) is 0 Å². The standard InChI is InChI=1S/C13H11ClN2/c1-10(11-5-7-15-8-6-11)16-13-4-2-3-12(14)9-13/h2-9H,1H3. The number of nitrogens with zero attached hydrogens (tertiary/aromatic N) is 2. The predicted molar refractivity (Wildman–Crippen MR) is 67.6 cm³/mol. The first kappa shape index (κ1) is 10.8. The van der Waals surface area contributed by atoms with Crippen molar-refractivity contribution in [3.8, 4) is 0 Å². The Labute approximate surface area is 99.6 Å². The lowest BCUT2D eigenvalue weighted by Gasteiger charge is -2.00. The first-order chi connectivity index (χ1) is 7.75. The fourth-order valence-corrected chi connectivity index (χ4v) is 1.58. The molecule has 0 saturated heterocycles. The van der Waals surface area contributed by atoms with Crippen LogP contribution in [-0.4, -0.2) is 10.7 Å². The quantitative estimate of drug-likeness (QED) is 0.719. The summed E-state index contributed by atoms with van der Waals surface area (Å²) in [6.07, 6.45) is 3.51. The molecule has 0 bridgehead atoms. The van der Waals surface area contributed by atoms with Crippen LogP contribution in [0.5, 0.6) is 0 Å². The van der Waals surface area contributed by atoms with Gasteiger partial charge in [0.2, 0.25) is 0 Å². The van der Waals surface area contributed by atoms with E-state index in [1.54, 1.807) is 12.4 Å². The summed E-state index contributed by atoms with van der Waals surface area (Å²) in [6, 6.07) is 11.4. The average molecular weight is 231 g/mol. The van der Waals surface area contributed by atoms with Gasteiger partial charge in [0.1, 0.15) is 0 Å². The number of pyridine rings is 1. The first-order valence-electron chi connectivity index (χ1n) is 4.97. The van der Waals surface area contributed by atoms with Gasteiger partial charge in [0.25, 0.3) is 0 Å². The zero-order chi connectivity index (χ0) is 11.4. The van der Waals surface area contributed by atoms with Gasteiger partial charge >= 0.3 is 0 Å². The molecule has 2 nitrogen and oxygen atoms in total. The van der Waals surface area contributed by atoms with E-state index >= 15 is 0 Å². The smallest absolute Gasteiger partial charge is 0.0647 e. The van der Waals surface area contributed by atoms with Crippen LogP contribution >= 0.6 is 11.6 Å². The van der Waals surface area contributed by atoms with Crippen molar-refractivity contribution in [1.82, 2.24) is 4.98 Å². The molecule has 0 fully saturated rings. The van der Waals surface area contributed by atoms with Gasteiger partial charge in [-0.1, -0.05) is 17.7 Å². The Morgan fingerprint density at radius 3 is 2.62 bits per heavy atom. The van der Waals surface area contributed by atoms with Crippen LogP contribution in [0.1, 0.15) is 12.5 Å². The van der Waals surface area contributed by atoms with Crippen LogP contribution in [-0.2, 0) is 0 Å². The first-order valence-corrected chi connectivity index (χ1v) is 5.35. The molecule has 0 atom stereocenters. The maximum atomic E-state index is 5.90. The van der Waals surface area contributed by atoms with Gasteiger partial charge in [0.05, 0.1) is 5.69 Å². The topological polar surface area (TPSA) is 25.2 Å². The van der Waals surface area contributed by atoms with E-state index in [2.05, 4.69) is 9.98 Å². The van der Waals surface area contributed by atoms with Crippen molar-refractivity contribution >= 4 is 23.0 Å². The van der Waals surface area contributed by atoms with Gasteiger partial charge in [-0.15, -0.1) is 0 Å². The molecule has 0 saturated carbocycles. The van der Waals surface area contributed by atoms with Gasteiger partial charge in [0, 0.05) is 23.1 Å². The molecule has 0 aliphatic rings. The van der Waals surface area contributed by atoms with Gasteiger partial charge in [-0.05, 0) is 42.8 Å². The zero-order valence-electron chi connectivity index (χ0n) is 8.89. The molecule has 2 rings (SSSR count). The Kier molecular flexibility index (Phi) is 3.32. The van der Waals surface area contributed by atoms with Crippen LogP contribution in [0, 0.1) is 0 Å². The Balaban J connectivity index is 2.32. The van der Waals surface area contributed by atoms with Gasteiger partial charge in [-0.2, -0.15) is 0 Å². The summed E-state index contributed by atoms with van der Waals surface area (Å²) in [7, 11) is 0. The lowest BCUT2D eigenvalue weighted by molar-refractivity contribution is 1.32. The summed E-state index contributed by atoms with van der Waals surface area (Å²) in [4.78, 5) is 8.47. The number of hydrogen-bond donors (Lipinski definition) is 0. The number of benzene rings is 1. The van der Waals surface area contributed by atoms with Crippen LogP contribution in [0.4, 0.5) is 5.69 Å². The highest BCUT2D eigenvalue weighted by molar-refractivity contribution is 6.30. The fourth-order valence-electron chi connectivity index (χ4n) is 1.40. The van der Waals surface area contributed by atoms with Crippen LogP contribution in [0.3, 0.4) is 0 Å². The largest absolute Gasteiger partial charge is 0.265 e. The van der Waals surface area contributed by atoms with E-state index in [4.69, 9.17) is 11.6 Å². The number of hydrogen-bond acceptors (Lipinski definition) is 2. The molecule has 1 heterocycles. The minimum Gasteiger partial charge on any atom is -0.265 e. The second kappa shape index (κ2) is 4.90. The van der Waals surface area contributed by atoms with Gasteiger partial charge < -0.3 is 0 Å². The predicted octanol–water partition coefficient (Wildman–Crippen LogP) is 3.88. The van der Waals surface area contributed by atoms with Crippen molar-refractivity contribution in [2.75, 3.05) is 0 Å². The monoisotopic (exact) mass is 230 g/mol. The lowest BCUT2D eigenvalue weighted by atomic mass is 10.2. The fraction of sp³-hybridized carbons (Fsp3) is 0.0769. The van der Waals surface area contributed by atoms with E-state index in [1.807, 2.05) is 43.3 Å². The number of aromatic nitrogens is 1. The van der Waals surface area contributed by atoms with Crippen molar-refractivity contribution in [3.05, 3.63) is 59.4 Å². The zero-order valence-corrected chi connectivity index (χ0v) is 9.65. The van der Waals surface area contributed by atoms with Gasteiger partial charge in [-0.25, -0.2) is 0 Å². The summed E-state index contributed by atoms with van der Waals surface area (Å²) < 4.78 is 0. The number of aliphatic imine (C=N–C) groups is 1. The van der Waals surface area contributed by atoms with E-state index in [1.165, 1.54) is 0 Å². The van der Waals surface area contributed by atoms with Crippen LogP contribution < -0.4 is 0 Å². The summed E-state index contributed by atoms with van der Waals surface area (Å²) in [5, 5.41) is 0.698. The summed E-state index contributed by atoms with van der Waals surface area (Å²) in [5.74, 6) is 0. The highest BCUT2D eigenvalue weighted by atomic mass is 35.5. The molecule has 0 aliphatic carbocycles. The van der Waals surface area contributed by atoms with Crippen molar-refractivity contribution < 1.29 is 0 Å².